The summed E-state index contributed by atoms with van der Waals surface area (Å²) in [4.78, 5) is 17.4. The van der Waals surface area contributed by atoms with Gasteiger partial charge < -0.3 is 4.90 Å². The average molecular weight is 297 g/mol. The Hall–Kier alpha value is -2.27. The van der Waals surface area contributed by atoms with Crippen molar-refractivity contribution in [2.75, 3.05) is 19.6 Å². The fraction of sp³-hybridized carbons (Fsp3) is 0.353. The highest BCUT2D eigenvalue weighted by atomic mass is 16.6. The Morgan fingerprint density at radius 2 is 1.86 bits per heavy atom. The maximum Gasteiger partial charge on any atom is 0.269 e. The maximum atomic E-state index is 10.8. The molecule has 0 amide bonds. The molecule has 0 bridgehead atoms. The third kappa shape index (κ3) is 3.31. The van der Waals surface area contributed by atoms with Gasteiger partial charge in [0.15, 0.2) is 0 Å². The van der Waals surface area contributed by atoms with Crippen molar-refractivity contribution in [3.8, 4) is 11.1 Å². The molecule has 0 aliphatic carbocycles. The van der Waals surface area contributed by atoms with Crippen LogP contribution in [0.2, 0.25) is 0 Å². The van der Waals surface area contributed by atoms with Gasteiger partial charge >= 0.3 is 0 Å². The van der Waals surface area contributed by atoms with Gasteiger partial charge in [0.1, 0.15) is 0 Å². The molecule has 1 fully saturated rings. The summed E-state index contributed by atoms with van der Waals surface area (Å²) in [6.45, 7) is 3.39. The highest BCUT2D eigenvalue weighted by Crippen LogP contribution is 2.25. The van der Waals surface area contributed by atoms with Gasteiger partial charge in [0.05, 0.1) is 4.92 Å². The fourth-order valence-corrected chi connectivity index (χ4v) is 2.93. The first-order chi connectivity index (χ1) is 10.7. The van der Waals surface area contributed by atoms with Crippen molar-refractivity contribution in [2.24, 2.45) is 0 Å². The van der Waals surface area contributed by atoms with E-state index in [0.717, 1.165) is 29.8 Å². The van der Waals surface area contributed by atoms with E-state index in [0.29, 0.717) is 0 Å². The number of nitrogens with zero attached hydrogens (tertiary/aromatic N) is 3. The third-order valence-corrected chi connectivity index (χ3v) is 4.14. The van der Waals surface area contributed by atoms with E-state index in [2.05, 4.69) is 9.88 Å². The van der Waals surface area contributed by atoms with Gasteiger partial charge in [-0.2, -0.15) is 0 Å². The minimum Gasteiger partial charge on any atom is -0.303 e. The van der Waals surface area contributed by atoms with E-state index >= 15 is 0 Å². The van der Waals surface area contributed by atoms with Crippen molar-refractivity contribution in [1.82, 2.24) is 9.88 Å². The number of rotatable bonds is 5. The molecule has 2 heterocycles. The molecule has 1 aliphatic heterocycles. The number of likely N-dealkylation sites (tertiary alicyclic amines) is 1. The normalized spacial score (nSPS) is 15.1. The zero-order valence-corrected chi connectivity index (χ0v) is 12.4. The lowest BCUT2D eigenvalue weighted by molar-refractivity contribution is -0.384. The molecular formula is C17H19N3O2. The summed E-state index contributed by atoms with van der Waals surface area (Å²) in [5.74, 6) is 0. The van der Waals surface area contributed by atoms with Gasteiger partial charge in [0.2, 0.25) is 0 Å². The van der Waals surface area contributed by atoms with Gasteiger partial charge in [-0.25, -0.2) is 0 Å². The quantitative estimate of drug-likeness (QED) is 0.627. The van der Waals surface area contributed by atoms with Gasteiger partial charge in [-0.1, -0.05) is 6.07 Å². The lowest BCUT2D eigenvalue weighted by atomic mass is 10.0. The highest BCUT2D eigenvalue weighted by molar-refractivity contribution is 5.67. The van der Waals surface area contributed by atoms with Crippen LogP contribution in [0, 0.1) is 10.1 Å². The number of benzene rings is 1. The first-order valence-electron chi connectivity index (χ1n) is 7.65. The van der Waals surface area contributed by atoms with Crippen molar-refractivity contribution in [2.45, 2.75) is 19.3 Å². The standard InChI is InChI=1S/C17H19N3O2/c21-20(22)15-7-5-14(6-8-15)16-4-3-10-18-17(16)9-13-19-11-1-2-12-19/h3-8,10H,1-2,9,11-13H2. The number of hydrogen-bond donors (Lipinski definition) is 0. The zero-order chi connectivity index (χ0) is 15.4. The average Bonchev–Trinajstić information content (AvgIpc) is 3.07. The molecule has 1 saturated heterocycles. The van der Waals surface area contributed by atoms with E-state index in [1.54, 1.807) is 24.3 Å². The van der Waals surface area contributed by atoms with Crippen LogP contribution < -0.4 is 0 Å². The molecule has 114 valence electrons. The molecule has 22 heavy (non-hydrogen) atoms. The molecule has 0 N–H and O–H groups in total. The number of nitro groups is 1. The number of non-ortho nitro benzene ring substituents is 1. The Morgan fingerprint density at radius 3 is 2.55 bits per heavy atom. The zero-order valence-electron chi connectivity index (χ0n) is 12.4. The number of hydrogen-bond acceptors (Lipinski definition) is 4. The second-order valence-corrected chi connectivity index (χ2v) is 5.60. The summed E-state index contributed by atoms with van der Waals surface area (Å²) < 4.78 is 0. The molecule has 0 radical (unpaired) electrons. The Balaban J connectivity index is 1.79. The van der Waals surface area contributed by atoms with Crippen molar-refractivity contribution in [1.29, 1.82) is 0 Å². The first-order valence-corrected chi connectivity index (χ1v) is 7.65. The van der Waals surface area contributed by atoms with Crippen LogP contribution in [0.4, 0.5) is 5.69 Å². The second-order valence-electron chi connectivity index (χ2n) is 5.60. The molecule has 5 heteroatoms. The second kappa shape index (κ2) is 6.66. The Bertz CT molecular complexity index is 649. The summed E-state index contributed by atoms with van der Waals surface area (Å²) in [5, 5.41) is 10.8. The van der Waals surface area contributed by atoms with Gasteiger partial charge in [-0.3, -0.25) is 15.1 Å². The van der Waals surface area contributed by atoms with Gasteiger partial charge in [-0.05, 0) is 49.7 Å². The predicted molar refractivity (Wildman–Crippen MR) is 85.7 cm³/mol. The summed E-state index contributed by atoms with van der Waals surface area (Å²) in [7, 11) is 0. The van der Waals surface area contributed by atoms with Crippen molar-refractivity contribution >= 4 is 5.69 Å². The molecule has 1 aromatic carbocycles. The van der Waals surface area contributed by atoms with Crippen LogP contribution in [-0.4, -0.2) is 34.4 Å². The van der Waals surface area contributed by atoms with Gasteiger partial charge in [0.25, 0.3) is 5.69 Å². The fourth-order valence-electron chi connectivity index (χ4n) is 2.93. The van der Waals surface area contributed by atoms with Crippen LogP contribution in [0.25, 0.3) is 11.1 Å². The number of pyridine rings is 1. The molecule has 0 spiro atoms. The molecule has 0 unspecified atom stereocenters. The van der Waals surface area contributed by atoms with E-state index in [9.17, 15) is 10.1 Å². The molecule has 3 rings (SSSR count). The Labute approximate surface area is 129 Å². The molecule has 1 aliphatic rings. The molecule has 1 aromatic heterocycles. The van der Waals surface area contributed by atoms with E-state index in [1.807, 2.05) is 18.3 Å². The van der Waals surface area contributed by atoms with E-state index in [4.69, 9.17) is 0 Å². The summed E-state index contributed by atoms with van der Waals surface area (Å²) in [6.07, 6.45) is 5.30. The van der Waals surface area contributed by atoms with Crippen LogP contribution in [-0.2, 0) is 6.42 Å². The topological polar surface area (TPSA) is 59.3 Å². The summed E-state index contributed by atoms with van der Waals surface area (Å²) >= 11 is 0. The molecule has 0 saturated carbocycles. The molecule has 5 nitrogen and oxygen atoms in total. The number of nitro benzene ring substituents is 1. The van der Waals surface area contributed by atoms with Gasteiger partial charge in [-0.15, -0.1) is 0 Å². The van der Waals surface area contributed by atoms with Crippen molar-refractivity contribution < 1.29 is 4.92 Å². The van der Waals surface area contributed by atoms with Crippen molar-refractivity contribution in [3.05, 3.63) is 58.4 Å². The molecular weight excluding hydrogens is 278 g/mol. The van der Waals surface area contributed by atoms with E-state index < -0.39 is 0 Å². The predicted octanol–water partition coefficient (Wildman–Crippen LogP) is 3.30. The van der Waals surface area contributed by atoms with Crippen LogP contribution >= 0.6 is 0 Å². The van der Waals surface area contributed by atoms with Crippen LogP contribution in [0.5, 0.6) is 0 Å². The van der Waals surface area contributed by atoms with Crippen molar-refractivity contribution in [3.63, 3.8) is 0 Å². The highest BCUT2D eigenvalue weighted by Gasteiger charge is 2.13. The van der Waals surface area contributed by atoms with Crippen LogP contribution in [0.3, 0.4) is 0 Å². The van der Waals surface area contributed by atoms with Crippen LogP contribution in [0.15, 0.2) is 42.6 Å². The molecule has 0 atom stereocenters. The lowest BCUT2D eigenvalue weighted by Gasteiger charge is -2.15. The van der Waals surface area contributed by atoms with E-state index in [1.165, 1.54) is 25.9 Å². The molecule has 2 aromatic rings. The van der Waals surface area contributed by atoms with E-state index in [-0.39, 0.29) is 10.6 Å². The Kier molecular flexibility index (Phi) is 4.44. The maximum absolute atomic E-state index is 10.8. The SMILES string of the molecule is O=[N+]([O-])c1ccc(-c2cccnc2CCN2CCCC2)cc1. The lowest BCUT2D eigenvalue weighted by Crippen LogP contribution is -2.22. The smallest absolute Gasteiger partial charge is 0.269 e. The van der Waals surface area contributed by atoms with Crippen LogP contribution in [0.1, 0.15) is 18.5 Å². The first kappa shape index (κ1) is 14.7. The minimum absolute atomic E-state index is 0.117. The summed E-state index contributed by atoms with van der Waals surface area (Å²) in [6, 6.07) is 10.6. The number of aromatic nitrogens is 1. The summed E-state index contributed by atoms with van der Waals surface area (Å²) in [5.41, 5.74) is 3.22. The largest absolute Gasteiger partial charge is 0.303 e. The monoisotopic (exact) mass is 297 g/mol. The third-order valence-electron chi connectivity index (χ3n) is 4.14. The van der Waals surface area contributed by atoms with Gasteiger partial charge in [0, 0.05) is 42.6 Å². The Morgan fingerprint density at radius 1 is 1.14 bits per heavy atom. The minimum atomic E-state index is -0.374.